The average molecular weight is 209 g/mol. The topological polar surface area (TPSA) is 93.8 Å². The highest BCUT2D eigenvalue weighted by atomic mass is 16.4. The predicted molar refractivity (Wildman–Crippen MR) is 51.5 cm³/mol. The number of carboxylic acid groups (broad SMARTS) is 1. The van der Waals surface area contributed by atoms with E-state index in [1.54, 1.807) is 16.8 Å². The summed E-state index contributed by atoms with van der Waals surface area (Å²) < 4.78 is 7.03. The van der Waals surface area contributed by atoms with Crippen LogP contribution in [0.1, 0.15) is 11.5 Å². The normalized spacial score (nSPS) is 13.2. The number of oxazole rings is 1. The summed E-state index contributed by atoms with van der Waals surface area (Å²) in [5, 5.41) is 8.62. The monoisotopic (exact) mass is 209 g/mol. The van der Waals surface area contributed by atoms with E-state index >= 15 is 0 Å². The van der Waals surface area contributed by atoms with Gasteiger partial charge in [0.2, 0.25) is 0 Å². The number of imidazole rings is 1. The Labute approximate surface area is 85.3 Å². The molecule has 0 saturated heterocycles. The van der Waals surface area contributed by atoms with Gasteiger partial charge in [-0.3, -0.25) is 9.20 Å². The number of aliphatic carboxylic acids is 1. The van der Waals surface area contributed by atoms with Crippen molar-refractivity contribution in [1.29, 1.82) is 0 Å². The van der Waals surface area contributed by atoms with Gasteiger partial charge in [-0.15, -0.1) is 0 Å². The van der Waals surface area contributed by atoms with Gasteiger partial charge in [0.15, 0.2) is 0 Å². The molecule has 80 valence electrons. The van der Waals surface area contributed by atoms with Crippen molar-refractivity contribution in [2.75, 3.05) is 0 Å². The zero-order chi connectivity index (χ0) is 11.0. The molecular formula is C9H11N3O3. The van der Waals surface area contributed by atoms with E-state index in [2.05, 4.69) is 4.98 Å². The highest BCUT2D eigenvalue weighted by Gasteiger charge is 2.15. The molecule has 0 fully saturated rings. The quantitative estimate of drug-likeness (QED) is 0.752. The van der Waals surface area contributed by atoms with Crippen LogP contribution < -0.4 is 5.73 Å². The number of nitrogens with zero attached hydrogens (tertiary/aromatic N) is 2. The third kappa shape index (κ3) is 1.84. The first-order valence-electron chi connectivity index (χ1n) is 4.48. The Bertz CT molecular complexity index is 468. The second kappa shape index (κ2) is 3.39. The molecule has 2 rings (SSSR count). The molecule has 0 aliphatic heterocycles. The lowest BCUT2D eigenvalue weighted by molar-refractivity contribution is -0.138. The molecule has 2 aromatic heterocycles. The number of nitrogens with two attached hydrogens (primary N) is 1. The van der Waals surface area contributed by atoms with Crippen molar-refractivity contribution in [1.82, 2.24) is 9.38 Å². The summed E-state index contributed by atoms with van der Waals surface area (Å²) in [5.41, 5.74) is 6.23. The summed E-state index contributed by atoms with van der Waals surface area (Å²) in [6, 6.07) is -0.943. The van der Waals surface area contributed by atoms with Gasteiger partial charge in [-0.25, -0.2) is 0 Å². The van der Waals surface area contributed by atoms with Gasteiger partial charge in [-0.2, -0.15) is 4.98 Å². The predicted octanol–water partition coefficient (Wildman–Crippen LogP) is 0.190. The Morgan fingerprint density at radius 3 is 3.07 bits per heavy atom. The molecule has 1 unspecified atom stereocenters. The molecule has 6 nitrogen and oxygen atoms in total. The van der Waals surface area contributed by atoms with Crippen LogP contribution in [0.4, 0.5) is 0 Å². The molecule has 2 aromatic rings. The van der Waals surface area contributed by atoms with Gasteiger partial charge in [0.1, 0.15) is 11.8 Å². The molecule has 1 atom stereocenters. The maximum Gasteiger partial charge on any atom is 0.320 e. The number of aromatic nitrogens is 2. The minimum Gasteiger partial charge on any atom is -0.480 e. The van der Waals surface area contributed by atoms with Crippen molar-refractivity contribution in [3.63, 3.8) is 0 Å². The van der Waals surface area contributed by atoms with E-state index in [1.807, 2.05) is 6.92 Å². The summed E-state index contributed by atoms with van der Waals surface area (Å²) in [6.45, 7) is 1.85. The Hall–Kier alpha value is -1.82. The van der Waals surface area contributed by atoms with E-state index in [9.17, 15) is 4.79 Å². The lowest BCUT2D eigenvalue weighted by Gasteiger charge is -2.01. The zero-order valence-electron chi connectivity index (χ0n) is 8.17. The zero-order valence-corrected chi connectivity index (χ0v) is 8.17. The van der Waals surface area contributed by atoms with Crippen LogP contribution in [0.3, 0.4) is 0 Å². The van der Waals surface area contributed by atoms with E-state index in [1.165, 1.54) is 0 Å². The maximum absolute atomic E-state index is 10.5. The minimum atomic E-state index is -1.04. The molecule has 0 aliphatic rings. The van der Waals surface area contributed by atoms with Gasteiger partial charge in [0.25, 0.3) is 0 Å². The Kier molecular flexibility index (Phi) is 2.20. The van der Waals surface area contributed by atoms with Gasteiger partial charge in [-0.05, 0) is 6.92 Å². The summed E-state index contributed by atoms with van der Waals surface area (Å²) in [7, 11) is 0. The van der Waals surface area contributed by atoms with Crippen LogP contribution in [0.5, 0.6) is 0 Å². The molecule has 6 heteroatoms. The van der Waals surface area contributed by atoms with E-state index in [4.69, 9.17) is 15.3 Å². The average Bonchev–Trinajstić information content (AvgIpc) is 2.60. The second-order valence-corrected chi connectivity index (χ2v) is 3.42. The molecule has 0 aromatic carbocycles. The standard InChI is InChI=1S/C9H11N3O3/c1-5-3-12-4-6(15-9(12)11-5)2-7(10)8(13)14/h3-4,7H,2,10H2,1H3,(H,13,14). The Balaban J connectivity index is 2.22. The fourth-order valence-electron chi connectivity index (χ4n) is 1.36. The first-order valence-corrected chi connectivity index (χ1v) is 4.48. The summed E-state index contributed by atoms with van der Waals surface area (Å²) in [5.74, 6) is -0.0623. The van der Waals surface area contributed by atoms with Crippen molar-refractivity contribution in [3.8, 4) is 0 Å². The lowest BCUT2D eigenvalue weighted by atomic mass is 10.2. The van der Waals surface area contributed by atoms with Crippen molar-refractivity contribution in [2.45, 2.75) is 19.4 Å². The van der Waals surface area contributed by atoms with Crippen molar-refractivity contribution in [3.05, 3.63) is 23.8 Å². The summed E-state index contributed by atoms with van der Waals surface area (Å²) >= 11 is 0. The third-order valence-electron chi connectivity index (χ3n) is 2.06. The van der Waals surface area contributed by atoms with E-state index < -0.39 is 12.0 Å². The van der Waals surface area contributed by atoms with Crippen molar-refractivity contribution in [2.24, 2.45) is 5.73 Å². The molecule has 0 spiro atoms. The van der Waals surface area contributed by atoms with E-state index in [0.29, 0.717) is 11.6 Å². The Morgan fingerprint density at radius 1 is 1.73 bits per heavy atom. The van der Waals surface area contributed by atoms with Crippen molar-refractivity contribution >= 4 is 11.8 Å². The SMILES string of the molecule is Cc1cn2cc(CC(N)C(=O)O)oc2n1. The van der Waals surface area contributed by atoms with Gasteiger partial charge in [-0.1, -0.05) is 0 Å². The van der Waals surface area contributed by atoms with Crippen LogP contribution in [0.15, 0.2) is 16.8 Å². The summed E-state index contributed by atoms with van der Waals surface area (Å²) in [4.78, 5) is 14.6. The fourth-order valence-corrected chi connectivity index (χ4v) is 1.36. The van der Waals surface area contributed by atoms with Crippen LogP contribution in [0.2, 0.25) is 0 Å². The minimum absolute atomic E-state index is 0.164. The first kappa shape index (κ1) is 9.72. The molecule has 2 heterocycles. The molecule has 0 saturated carbocycles. The number of carboxylic acids is 1. The Morgan fingerprint density at radius 2 is 2.47 bits per heavy atom. The van der Waals surface area contributed by atoms with Gasteiger partial charge < -0.3 is 15.3 Å². The number of hydrogen-bond acceptors (Lipinski definition) is 4. The molecule has 0 bridgehead atoms. The summed E-state index contributed by atoms with van der Waals surface area (Å²) in [6.07, 6.45) is 3.66. The number of aryl methyl sites for hydroxylation is 1. The lowest BCUT2D eigenvalue weighted by Crippen LogP contribution is -2.32. The maximum atomic E-state index is 10.5. The van der Waals surface area contributed by atoms with Crippen LogP contribution in [-0.4, -0.2) is 26.5 Å². The molecule has 15 heavy (non-hydrogen) atoms. The van der Waals surface area contributed by atoms with Crippen LogP contribution in [0, 0.1) is 6.92 Å². The van der Waals surface area contributed by atoms with Crippen molar-refractivity contribution < 1.29 is 14.3 Å². The second-order valence-electron chi connectivity index (χ2n) is 3.42. The highest BCUT2D eigenvalue weighted by Crippen LogP contribution is 2.11. The molecule has 0 aliphatic carbocycles. The molecule has 0 radical (unpaired) electrons. The number of rotatable bonds is 3. The molecule has 0 amide bonds. The van der Waals surface area contributed by atoms with Crippen LogP contribution in [-0.2, 0) is 11.2 Å². The largest absolute Gasteiger partial charge is 0.480 e. The third-order valence-corrected chi connectivity index (χ3v) is 2.06. The van der Waals surface area contributed by atoms with Gasteiger partial charge >= 0.3 is 11.8 Å². The van der Waals surface area contributed by atoms with E-state index in [0.717, 1.165) is 5.69 Å². The number of carbonyl (C=O) groups is 1. The molecule has 3 N–H and O–H groups in total. The van der Waals surface area contributed by atoms with Crippen LogP contribution in [0.25, 0.3) is 5.84 Å². The smallest absolute Gasteiger partial charge is 0.320 e. The first-order chi connectivity index (χ1) is 7.06. The van der Waals surface area contributed by atoms with Gasteiger partial charge in [0.05, 0.1) is 11.9 Å². The highest BCUT2D eigenvalue weighted by molar-refractivity contribution is 5.73. The number of hydrogen-bond donors (Lipinski definition) is 2. The molecular weight excluding hydrogens is 198 g/mol. The number of fused-ring (bicyclic) bond motifs is 1. The van der Waals surface area contributed by atoms with Gasteiger partial charge in [0, 0.05) is 12.6 Å². The fraction of sp³-hybridized carbons (Fsp3) is 0.333. The van der Waals surface area contributed by atoms with Crippen LogP contribution >= 0.6 is 0 Å². The van der Waals surface area contributed by atoms with E-state index in [-0.39, 0.29) is 6.42 Å².